The van der Waals surface area contributed by atoms with Crippen molar-refractivity contribution in [2.45, 2.75) is 32.4 Å². The highest BCUT2D eigenvalue weighted by atomic mass is 16.6. The summed E-state index contributed by atoms with van der Waals surface area (Å²) in [7, 11) is 0. The second-order valence-electron chi connectivity index (χ2n) is 5.58. The van der Waals surface area contributed by atoms with Gasteiger partial charge in [-0.05, 0) is 18.6 Å². The first kappa shape index (κ1) is 12.6. The summed E-state index contributed by atoms with van der Waals surface area (Å²) in [5.74, 6) is 1.75. The zero-order valence-corrected chi connectivity index (χ0v) is 11.7. The highest BCUT2D eigenvalue weighted by molar-refractivity contribution is 5.57. The zero-order chi connectivity index (χ0) is 13.2. The van der Waals surface area contributed by atoms with Gasteiger partial charge in [0.05, 0.1) is 0 Å². The van der Waals surface area contributed by atoms with Crippen LogP contribution in [0.1, 0.15) is 20.3 Å². The van der Waals surface area contributed by atoms with E-state index in [0.717, 1.165) is 24.6 Å². The molecule has 1 unspecified atom stereocenters. The molecule has 0 aliphatic carbocycles. The number of hydrogen-bond acceptors (Lipinski definition) is 4. The number of rotatable bonds is 3. The van der Waals surface area contributed by atoms with Crippen molar-refractivity contribution in [3.05, 3.63) is 18.2 Å². The molecular formula is C15H22N2O2. The fourth-order valence-electron chi connectivity index (χ4n) is 2.83. The summed E-state index contributed by atoms with van der Waals surface area (Å²) in [6.07, 6.45) is 1.20. The topological polar surface area (TPSA) is 33.7 Å². The Morgan fingerprint density at radius 1 is 1.21 bits per heavy atom. The molecule has 2 aliphatic rings. The Balaban J connectivity index is 1.69. The first-order valence-electron chi connectivity index (χ1n) is 7.13. The number of hydrogen-bond donors (Lipinski definition) is 1. The van der Waals surface area contributed by atoms with Crippen LogP contribution in [-0.2, 0) is 0 Å². The van der Waals surface area contributed by atoms with Gasteiger partial charge < -0.3 is 19.7 Å². The molecule has 1 fully saturated rings. The van der Waals surface area contributed by atoms with Gasteiger partial charge in [-0.3, -0.25) is 0 Å². The van der Waals surface area contributed by atoms with Crippen LogP contribution in [0, 0.1) is 0 Å². The van der Waals surface area contributed by atoms with Gasteiger partial charge in [0.2, 0.25) is 0 Å². The quantitative estimate of drug-likeness (QED) is 0.904. The van der Waals surface area contributed by atoms with E-state index in [1.54, 1.807) is 0 Å². The summed E-state index contributed by atoms with van der Waals surface area (Å²) in [5, 5.41) is 3.61. The van der Waals surface area contributed by atoms with Crippen molar-refractivity contribution in [3.8, 4) is 11.5 Å². The minimum absolute atomic E-state index is 0.546. The van der Waals surface area contributed by atoms with Crippen LogP contribution in [0.15, 0.2) is 18.2 Å². The largest absolute Gasteiger partial charge is 0.486 e. The lowest BCUT2D eigenvalue weighted by molar-refractivity contribution is 0.171. The molecule has 1 aromatic rings. The second kappa shape index (κ2) is 5.29. The molecule has 0 spiro atoms. The molecule has 19 heavy (non-hydrogen) atoms. The fraction of sp³-hybridized carbons (Fsp3) is 0.600. The van der Waals surface area contributed by atoms with E-state index in [2.05, 4.69) is 36.2 Å². The van der Waals surface area contributed by atoms with Gasteiger partial charge in [-0.25, -0.2) is 0 Å². The minimum Gasteiger partial charge on any atom is -0.486 e. The lowest BCUT2D eigenvalue weighted by Crippen LogP contribution is -2.37. The molecule has 3 rings (SSSR count). The number of ether oxygens (including phenoxy) is 2. The number of benzene rings is 1. The number of fused-ring (bicyclic) bond motifs is 1. The number of nitrogens with one attached hydrogen (secondary N) is 1. The Hall–Kier alpha value is -1.42. The standard InChI is InChI=1S/C15H22N2O2/c1-11(2)16-12-5-6-17(10-12)13-3-4-14-15(9-13)19-8-7-18-14/h3-4,9,11-12,16H,5-8,10H2,1-2H3. The van der Waals surface area contributed by atoms with Crippen molar-refractivity contribution in [2.75, 3.05) is 31.2 Å². The van der Waals surface area contributed by atoms with E-state index in [4.69, 9.17) is 9.47 Å². The van der Waals surface area contributed by atoms with Gasteiger partial charge in [0.25, 0.3) is 0 Å². The van der Waals surface area contributed by atoms with Crippen molar-refractivity contribution < 1.29 is 9.47 Å². The lowest BCUT2D eigenvalue weighted by Gasteiger charge is -2.23. The third-order valence-electron chi connectivity index (χ3n) is 3.65. The van der Waals surface area contributed by atoms with E-state index < -0.39 is 0 Å². The molecule has 0 bridgehead atoms. The normalized spacial score (nSPS) is 22.1. The summed E-state index contributed by atoms with van der Waals surface area (Å²) in [5.41, 5.74) is 1.23. The Morgan fingerprint density at radius 2 is 2.00 bits per heavy atom. The van der Waals surface area contributed by atoms with Crippen LogP contribution in [0.4, 0.5) is 5.69 Å². The van der Waals surface area contributed by atoms with E-state index in [1.807, 2.05) is 6.07 Å². The molecule has 1 saturated heterocycles. The third-order valence-corrected chi connectivity index (χ3v) is 3.65. The maximum atomic E-state index is 5.65. The van der Waals surface area contributed by atoms with Gasteiger partial charge in [-0.1, -0.05) is 13.8 Å². The van der Waals surface area contributed by atoms with Crippen LogP contribution in [-0.4, -0.2) is 38.4 Å². The third kappa shape index (κ3) is 2.78. The molecule has 0 amide bonds. The van der Waals surface area contributed by atoms with Crippen LogP contribution in [0.2, 0.25) is 0 Å². The van der Waals surface area contributed by atoms with Crippen molar-refractivity contribution in [3.63, 3.8) is 0 Å². The van der Waals surface area contributed by atoms with E-state index in [-0.39, 0.29) is 0 Å². The SMILES string of the molecule is CC(C)NC1CCN(c2ccc3c(c2)OCCO3)C1. The molecule has 1 atom stereocenters. The van der Waals surface area contributed by atoms with Crippen LogP contribution >= 0.6 is 0 Å². The Bertz CT molecular complexity index is 448. The Morgan fingerprint density at radius 3 is 2.79 bits per heavy atom. The fourth-order valence-corrected chi connectivity index (χ4v) is 2.83. The maximum absolute atomic E-state index is 5.65. The van der Waals surface area contributed by atoms with E-state index in [1.165, 1.54) is 12.1 Å². The molecule has 0 saturated carbocycles. The van der Waals surface area contributed by atoms with E-state index in [9.17, 15) is 0 Å². The highest BCUT2D eigenvalue weighted by Crippen LogP contribution is 2.34. The van der Waals surface area contributed by atoms with Crippen LogP contribution in [0.25, 0.3) is 0 Å². The van der Waals surface area contributed by atoms with Gasteiger partial charge in [0.1, 0.15) is 13.2 Å². The average Bonchev–Trinajstić information content (AvgIpc) is 2.86. The van der Waals surface area contributed by atoms with Crippen LogP contribution < -0.4 is 19.7 Å². The summed E-state index contributed by atoms with van der Waals surface area (Å²) in [6, 6.07) is 7.39. The van der Waals surface area contributed by atoms with Crippen LogP contribution in [0.5, 0.6) is 11.5 Å². The van der Waals surface area contributed by atoms with Crippen molar-refractivity contribution >= 4 is 5.69 Å². The second-order valence-corrected chi connectivity index (χ2v) is 5.58. The summed E-state index contributed by atoms with van der Waals surface area (Å²) in [6.45, 7) is 7.87. The minimum atomic E-state index is 0.546. The zero-order valence-electron chi connectivity index (χ0n) is 11.7. The summed E-state index contributed by atoms with van der Waals surface area (Å²) in [4.78, 5) is 2.41. The van der Waals surface area contributed by atoms with Gasteiger partial charge in [-0.15, -0.1) is 0 Å². The molecule has 4 nitrogen and oxygen atoms in total. The van der Waals surface area contributed by atoms with Gasteiger partial charge in [-0.2, -0.15) is 0 Å². The van der Waals surface area contributed by atoms with Crippen molar-refractivity contribution in [1.82, 2.24) is 5.32 Å². The van der Waals surface area contributed by atoms with Gasteiger partial charge in [0.15, 0.2) is 11.5 Å². The summed E-state index contributed by atoms with van der Waals surface area (Å²) < 4.78 is 11.2. The van der Waals surface area contributed by atoms with Gasteiger partial charge >= 0.3 is 0 Å². The monoisotopic (exact) mass is 262 g/mol. The molecule has 1 N–H and O–H groups in total. The average molecular weight is 262 g/mol. The number of nitrogens with zero attached hydrogens (tertiary/aromatic N) is 1. The van der Waals surface area contributed by atoms with Crippen LogP contribution in [0.3, 0.4) is 0 Å². The van der Waals surface area contributed by atoms with Crippen molar-refractivity contribution in [1.29, 1.82) is 0 Å². The molecule has 0 radical (unpaired) electrons. The van der Waals surface area contributed by atoms with Crippen molar-refractivity contribution in [2.24, 2.45) is 0 Å². The number of anilines is 1. The summed E-state index contributed by atoms with van der Waals surface area (Å²) >= 11 is 0. The predicted molar refractivity (Wildman–Crippen MR) is 76.3 cm³/mol. The van der Waals surface area contributed by atoms with Gasteiger partial charge in [0, 0.05) is 36.9 Å². The molecule has 104 valence electrons. The molecular weight excluding hydrogens is 240 g/mol. The predicted octanol–water partition coefficient (Wildman–Crippen LogP) is 2.03. The molecule has 2 heterocycles. The Labute approximate surface area is 114 Å². The Kier molecular flexibility index (Phi) is 3.51. The first-order valence-corrected chi connectivity index (χ1v) is 7.13. The first-order chi connectivity index (χ1) is 9.22. The molecule has 0 aromatic heterocycles. The molecule has 4 heteroatoms. The molecule has 2 aliphatic heterocycles. The van der Waals surface area contributed by atoms with E-state index >= 15 is 0 Å². The molecule has 1 aromatic carbocycles. The van der Waals surface area contributed by atoms with E-state index in [0.29, 0.717) is 25.3 Å². The lowest BCUT2D eigenvalue weighted by atomic mass is 10.2. The highest BCUT2D eigenvalue weighted by Gasteiger charge is 2.24. The maximum Gasteiger partial charge on any atom is 0.163 e. The smallest absolute Gasteiger partial charge is 0.163 e.